The van der Waals surface area contributed by atoms with Gasteiger partial charge in [-0.3, -0.25) is 0 Å². The molecule has 0 radical (unpaired) electrons. The molecule has 3 heteroatoms. The van der Waals surface area contributed by atoms with E-state index in [2.05, 4.69) is 46.2 Å². The second-order valence-corrected chi connectivity index (χ2v) is 17.6. The fourth-order valence-electron chi connectivity index (χ4n) is 4.09. The second-order valence-electron chi connectivity index (χ2n) is 9.05. The summed E-state index contributed by atoms with van der Waals surface area (Å²) in [7, 11) is 4.33. The van der Waals surface area contributed by atoms with Crippen molar-refractivity contribution in [3.63, 3.8) is 0 Å². The predicted molar refractivity (Wildman–Crippen MR) is 128 cm³/mol. The number of hydrogen-bond acceptors (Lipinski definition) is 1. The molecule has 2 saturated carbocycles. The van der Waals surface area contributed by atoms with Crippen LogP contribution in [0.25, 0.3) is 0 Å². The molecule has 0 aromatic heterocycles. The minimum absolute atomic E-state index is 0. The van der Waals surface area contributed by atoms with Gasteiger partial charge in [-0.25, -0.2) is 0 Å². The Bertz CT molecular complexity index is 249. The number of unbranched alkanes of at least 4 members (excludes halogenated alkanes) is 3. The molecule has 2 rings (SSSR count). The van der Waals surface area contributed by atoms with Crippen LogP contribution in [0, 0.1) is 12.3 Å². The van der Waals surface area contributed by atoms with E-state index < -0.39 is 19.8 Å². The fraction of sp³-hybridized carbons (Fsp3) is 0.960. The summed E-state index contributed by atoms with van der Waals surface area (Å²) in [5.41, 5.74) is 0. The summed E-state index contributed by atoms with van der Waals surface area (Å²) < 4.78 is 5.04. The van der Waals surface area contributed by atoms with Crippen LogP contribution in [0.2, 0.25) is 13.3 Å². The molecule has 0 bridgehead atoms. The zero-order chi connectivity index (χ0) is 20.2. The van der Waals surface area contributed by atoms with E-state index in [1.807, 2.05) is 0 Å². The molecule has 0 N–H and O–H groups in total. The zero-order valence-corrected chi connectivity index (χ0v) is 24.1. The third-order valence-electron chi connectivity index (χ3n) is 5.82. The van der Waals surface area contributed by atoms with Crippen molar-refractivity contribution in [1.82, 2.24) is 4.90 Å². The molecule has 0 saturated heterocycles. The maximum Gasteiger partial charge on any atom is 2.00 e. The van der Waals surface area contributed by atoms with E-state index in [0.29, 0.717) is 0 Å². The van der Waals surface area contributed by atoms with Gasteiger partial charge in [0.15, 0.2) is 0 Å². The summed E-state index contributed by atoms with van der Waals surface area (Å²) in [5, 5.41) is 0. The minimum Gasteiger partial charge on any atom is -0.328 e. The first-order valence-electron chi connectivity index (χ1n) is 12.4. The Morgan fingerprint density at radius 2 is 1.18 bits per heavy atom. The number of nitrogens with zero attached hydrogens (tertiary/aromatic N) is 1. The van der Waals surface area contributed by atoms with Crippen molar-refractivity contribution in [2.24, 2.45) is 5.92 Å². The summed E-state index contributed by atoms with van der Waals surface area (Å²) in [5.74, 6) is 1.01. The van der Waals surface area contributed by atoms with Crippen molar-refractivity contribution in [2.75, 3.05) is 20.6 Å². The molecule has 2 fully saturated rings. The first kappa shape index (κ1) is 31.5. The number of hydrogen-bond donors (Lipinski definition) is 0. The summed E-state index contributed by atoms with van der Waals surface area (Å²) >= 11 is -0.839. The third kappa shape index (κ3) is 22.0. The Balaban J connectivity index is 0. The molecular formula is C25H53FeNSn+2. The van der Waals surface area contributed by atoms with Crippen LogP contribution in [-0.2, 0) is 17.1 Å². The van der Waals surface area contributed by atoms with Crippen LogP contribution in [0.5, 0.6) is 0 Å². The van der Waals surface area contributed by atoms with Gasteiger partial charge in [0.1, 0.15) is 0 Å². The van der Waals surface area contributed by atoms with Gasteiger partial charge in [0.05, 0.1) is 0 Å². The first-order chi connectivity index (χ1) is 13.1. The van der Waals surface area contributed by atoms with Gasteiger partial charge in [-0.15, -0.1) is 0 Å². The SMILES string of the molecule is CCC[CH2][Sn+]([CH2]CCC)[CH2]CCC.CN(C)CC1CCCC1.[CH-]1CCCC1.[Fe+2]. The minimum atomic E-state index is -0.839. The topological polar surface area (TPSA) is 3.24 Å². The van der Waals surface area contributed by atoms with Crippen molar-refractivity contribution in [3.8, 4) is 0 Å². The molecule has 1 nitrogen and oxygen atoms in total. The van der Waals surface area contributed by atoms with Crippen molar-refractivity contribution in [1.29, 1.82) is 0 Å². The van der Waals surface area contributed by atoms with E-state index in [1.165, 1.54) is 96.4 Å². The summed E-state index contributed by atoms with van der Waals surface area (Å²) in [6.45, 7) is 8.31. The molecule has 0 aromatic carbocycles. The Labute approximate surface area is 197 Å². The molecule has 0 spiro atoms. The van der Waals surface area contributed by atoms with E-state index in [-0.39, 0.29) is 17.1 Å². The normalized spacial score (nSPS) is 16.1. The predicted octanol–water partition coefficient (Wildman–Crippen LogP) is 8.38. The molecule has 0 heterocycles. The van der Waals surface area contributed by atoms with E-state index in [1.54, 1.807) is 13.3 Å². The van der Waals surface area contributed by atoms with Crippen LogP contribution in [0.1, 0.15) is 111 Å². The molecule has 0 atom stereocenters. The number of rotatable bonds is 11. The van der Waals surface area contributed by atoms with Crippen molar-refractivity contribution in [2.45, 2.75) is 124 Å². The standard InChI is InChI=1S/C8H17N.C5H9.3C4H9.Fe.Sn/c1-9(2)7-8-5-3-4-6-8;1-2-4-5-3-1;3*1-3-4-2;;/h8H,3-7H2,1-2H3;1H,2-5H2;3*1,3-4H2,2H3;;/q;-1;;;;+2;+1. The molecule has 0 unspecified atom stereocenters. The Morgan fingerprint density at radius 1 is 0.750 bits per heavy atom. The average molecular weight is 542 g/mol. The van der Waals surface area contributed by atoms with E-state index >= 15 is 0 Å². The molecular weight excluding hydrogens is 489 g/mol. The van der Waals surface area contributed by atoms with Crippen LogP contribution in [-0.4, -0.2) is 45.3 Å². The molecule has 2 aliphatic rings. The molecule has 2 aliphatic carbocycles. The fourth-order valence-corrected chi connectivity index (χ4v) is 13.5. The Hall–Kier alpha value is 1.28. The van der Waals surface area contributed by atoms with Crippen LogP contribution in [0.15, 0.2) is 0 Å². The summed E-state index contributed by atoms with van der Waals surface area (Å²) in [6.07, 6.45) is 22.7. The Morgan fingerprint density at radius 3 is 1.46 bits per heavy atom. The molecule has 168 valence electrons. The zero-order valence-electron chi connectivity index (χ0n) is 20.2. The van der Waals surface area contributed by atoms with Crippen LogP contribution in [0.3, 0.4) is 0 Å². The van der Waals surface area contributed by atoms with E-state index in [4.69, 9.17) is 0 Å². The summed E-state index contributed by atoms with van der Waals surface area (Å²) in [4.78, 5) is 2.30. The monoisotopic (exact) mass is 543 g/mol. The van der Waals surface area contributed by atoms with Gasteiger partial charge in [-0.1, -0.05) is 25.7 Å². The van der Waals surface area contributed by atoms with Crippen LogP contribution in [0.4, 0.5) is 0 Å². The average Bonchev–Trinajstić information content (AvgIpc) is 3.38. The molecule has 0 aliphatic heterocycles. The summed E-state index contributed by atoms with van der Waals surface area (Å²) in [6, 6.07) is 0. The molecule has 0 aromatic rings. The maximum absolute atomic E-state index is 2.36. The quantitative estimate of drug-likeness (QED) is 0.187. The van der Waals surface area contributed by atoms with E-state index in [9.17, 15) is 0 Å². The van der Waals surface area contributed by atoms with Crippen molar-refractivity contribution >= 4 is 19.8 Å². The molecule has 28 heavy (non-hydrogen) atoms. The van der Waals surface area contributed by atoms with Gasteiger partial charge < -0.3 is 11.3 Å². The van der Waals surface area contributed by atoms with Crippen LogP contribution < -0.4 is 0 Å². The second kappa shape index (κ2) is 24.5. The smallest absolute Gasteiger partial charge is 0.328 e. The first-order valence-corrected chi connectivity index (χ1v) is 18.5. The van der Waals surface area contributed by atoms with Gasteiger partial charge in [0.2, 0.25) is 0 Å². The third-order valence-corrected chi connectivity index (χ3v) is 14.9. The van der Waals surface area contributed by atoms with Crippen molar-refractivity contribution < 1.29 is 17.1 Å². The Kier molecular flexibility index (Phi) is 27.6. The van der Waals surface area contributed by atoms with Gasteiger partial charge in [0, 0.05) is 6.54 Å². The largest absolute Gasteiger partial charge is 2.00 e. The van der Waals surface area contributed by atoms with Gasteiger partial charge in [-0.05, 0) is 32.9 Å². The van der Waals surface area contributed by atoms with Gasteiger partial charge in [-0.2, -0.15) is 12.8 Å². The van der Waals surface area contributed by atoms with E-state index in [0.717, 1.165) is 5.92 Å². The van der Waals surface area contributed by atoms with Gasteiger partial charge >= 0.3 is 109 Å². The van der Waals surface area contributed by atoms with Crippen LogP contribution >= 0.6 is 0 Å². The van der Waals surface area contributed by atoms with Gasteiger partial charge in [0.25, 0.3) is 0 Å². The maximum atomic E-state index is 2.36. The molecule has 0 amide bonds. The van der Waals surface area contributed by atoms with Crippen molar-refractivity contribution in [3.05, 3.63) is 6.42 Å².